The van der Waals surface area contributed by atoms with Gasteiger partial charge in [-0.15, -0.1) is 0 Å². The van der Waals surface area contributed by atoms with E-state index in [2.05, 4.69) is 4.98 Å². The molecule has 1 aliphatic rings. The number of hydrogen-bond acceptors (Lipinski definition) is 4. The molecule has 1 aromatic rings. The summed E-state index contributed by atoms with van der Waals surface area (Å²) in [6, 6.07) is 3.56. The third-order valence-electron chi connectivity index (χ3n) is 2.68. The Bertz CT molecular complexity index is 563. The van der Waals surface area contributed by atoms with Gasteiger partial charge >= 0.3 is 0 Å². The van der Waals surface area contributed by atoms with Crippen molar-refractivity contribution in [2.45, 2.75) is 12.3 Å². The third-order valence-corrected chi connectivity index (χ3v) is 4.75. The highest BCUT2D eigenvalue weighted by atomic mass is 35.5. The number of aromatic nitrogens is 1. The van der Waals surface area contributed by atoms with Crippen molar-refractivity contribution in [3.63, 3.8) is 0 Å². The van der Waals surface area contributed by atoms with Crippen LogP contribution in [-0.4, -0.2) is 24.9 Å². The van der Waals surface area contributed by atoms with E-state index in [9.17, 15) is 8.42 Å². The van der Waals surface area contributed by atoms with Crippen molar-refractivity contribution in [2.75, 3.05) is 11.5 Å². The van der Waals surface area contributed by atoms with Crippen molar-refractivity contribution in [3.05, 3.63) is 28.5 Å². The van der Waals surface area contributed by atoms with Crippen LogP contribution >= 0.6 is 11.6 Å². The molecule has 2 rings (SSSR count). The topological polar surface area (TPSA) is 70.8 Å². The summed E-state index contributed by atoms with van der Waals surface area (Å²) in [5.74, 6) is 0.297. The number of pyridine rings is 1. The lowest BCUT2D eigenvalue weighted by Gasteiger charge is -2.07. The van der Waals surface area contributed by atoms with E-state index in [0.717, 1.165) is 5.56 Å². The van der Waals surface area contributed by atoms with Crippen molar-refractivity contribution >= 4 is 21.4 Å². The van der Waals surface area contributed by atoms with Crippen molar-refractivity contribution in [3.8, 4) is 6.07 Å². The number of nitriles is 1. The van der Waals surface area contributed by atoms with Gasteiger partial charge in [0.1, 0.15) is 11.2 Å². The fourth-order valence-corrected chi connectivity index (χ4v) is 3.75. The molecule has 6 heteroatoms. The Morgan fingerprint density at radius 3 is 2.88 bits per heavy atom. The molecule has 2 heterocycles. The highest BCUT2D eigenvalue weighted by Gasteiger charge is 2.29. The molecular weight excluding hydrogens is 248 g/mol. The minimum absolute atomic E-state index is 0.0538. The minimum Gasteiger partial charge on any atom is -0.243 e. The molecule has 1 fully saturated rings. The van der Waals surface area contributed by atoms with Crippen molar-refractivity contribution in [1.82, 2.24) is 4.98 Å². The molecule has 0 aromatic carbocycles. The Labute approximate surface area is 98.8 Å². The lowest BCUT2D eigenvalue weighted by Crippen LogP contribution is -2.04. The van der Waals surface area contributed by atoms with Gasteiger partial charge < -0.3 is 0 Å². The van der Waals surface area contributed by atoms with Crippen LogP contribution in [0.3, 0.4) is 0 Å². The third kappa shape index (κ3) is 2.18. The predicted octanol–water partition coefficient (Wildman–Crippen LogP) is 1.51. The Morgan fingerprint density at radius 1 is 1.56 bits per heavy atom. The zero-order valence-corrected chi connectivity index (χ0v) is 9.92. The first-order valence-corrected chi connectivity index (χ1v) is 6.98. The average molecular weight is 257 g/mol. The van der Waals surface area contributed by atoms with Crippen LogP contribution in [0.5, 0.6) is 0 Å². The molecule has 0 spiro atoms. The lowest BCUT2D eigenvalue weighted by atomic mass is 9.99. The van der Waals surface area contributed by atoms with Gasteiger partial charge in [-0.25, -0.2) is 13.4 Å². The molecule has 0 aliphatic carbocycles. The van der Waals surface area contributed by atoms with Gasteiger partial charge in [0.2, 0.25) is 0 Å². The molecule has 1 aliphatic heterocycles. The van der Waals surface area contributed by atoms with Gasteiger partial charge in [0.15, 0.2) is 9.84 Å². The number of halogens is 1. The van der Waals surface area contributed by atoms with Crippen LogP contribution in [0.4, 0.5) is 0 Å². The highest BCUT2D eigenvalue weighted by Crippen LogP contribution is 2.29. The fourth-order valence-electron chi connectivity index (χ4n) is 1.82. The van der Waals surface area contributed by atoms with Crippen molar-refractivity contribution in [2.24, 2.45) is 0 Å². The maximum atomic E-state index is 11.3. The van der Waals surface area contributed by atoms with E-state index in [1.807, 2.05) is 6.07 Å². The second kappa shape index (κ2) is 4.04. The van der Waals surface area contributed by atoms with Crippen molar-refractivity contribution < 1.29 is 8.42 Å². The largest absolute Gasteiger partial charge is 0.243 e. The van der Waals surface area contributed by atoms with Gasteiger partial charge in [0, 0.05) is 12.1 Å². The summed E-state index contributed by atoms with van der Waals surface area (Å²) in [5, 5.41) is 8.96. The molecule has 84 valence electrons. The second-order valence-electron chi connectivity index (χ2n) is 3.82. The maximum Gasteiger partial charge on any atom is 0.150 e. The number of sulfone groups is 1. The Balaban J connectivity index is 2.33. The molecular formula is C10H9ClN2O2S. The van der Waals surface area contributed by atoms with Crippen LogP contribution in [0.25, 0.3) is 0 Å². The average Bonchev–Trinajstić information content (AvgIpc) is 2.59. The quantitative estimate of drug-likeness (QED) is 0.714. The molecule has 4 nitrogen and oxygen atoms in total. The fraction of sp³-hybridized carbons (Fsp3) is 0.400. The molecule has 16 heavy (non-hydrogen) atoms. The molecule has 0 N–H and O–H groups in total. The zero-order valence-electron chi connectivity index (χ0n) is 8.35. The zero-order chi connectivity index (χ0) is 11.8. The number of nitrogens with zero attached hydrogens (tertiary/aromatic N) is 2. The molecule has 1 unspecified atom stereocenters. The molecule has 1 aromatic heterocycles. The summed E-state index contributed by atoms with van der Waals surface area (Å²) >= 11 is 5.71. The van der Waals surface area contributed by atoms with E-state index in [4.69, 9.17) is 16.9 Å². The molecule has 1 atom stereocenters. The highest BCUT2D eigenvalue weighted by molar-refractivity contribution is 7.91. The second-order valence-corrected chi connectivity index (χ2v) is 6.41. The Kier molecular flexibility index (Phi) is 2.87. The first-order valence-electron chi connectivity index (χ1n) is 4.78. The number of rotatable bonds is 1. The van der Waals surface area contributed by atoms with Crippen LogP contribution < -0.4 is 0 Å². The van der Waals surface area contributed by atoms with Gasteiger partial charge in [-0.05, 0) is 18.1 Å². The van der Waals surface area contributed by atoms with E-state index in [0.29, 0.717) is 12.0 Å². The Morgan fingerprint density at radius 2 is 2.31 bits per heavy atom. The lowest BCUT2D eigenvalue weighted by molar-refractivity contribution is 0.601. The van der Waals surface area contributed by atoms with E-state index in [1.165, 1.54) is 0 Å². The van der Waals surface area contributed by atoms with Crippen molar-refractivity contribution in [1.29, 1.82) is 5.26 Å². The smallest absolute Gasteiger partial charge is 0.150 e. The van der Waals surface area contributed by atoms with E-state index < -0.39 is 9.84 Å². The molecule has 0 amide bonds. The normalized spacial score (nSPS) is 22.9. The maximum absolute atomic E-state index is 11.3. The molecule has 1 saturated heterocycles. The first kappa shape index (κ1) is 11.4. The first-order chi connectivity index (χ1) is 7.52. The van der Waals surface area contributed by atoms with Crippen LogP contribution in [-0.2, 0) is 9.84 Å². The molecule has 0 radical (unpaired) electrons. The van der Waals surface area contributed by atoms with E-state index in [1.54, 1.807) is 12.3 Å². The summed E-state index contributed by atoms with van der Waals surface area (Å²) in [4.78, 5) is 3.89. The number of hydrogen-bond donors (Lipinski definition) is 0. The van der Waals surface area contributed by atoms with Gasteiger partial charge in [-0.3, -0.25) is 0 Å². The summed E-state index contributed by atoms with van der Waals surface area (Å²) in [5.41, 5.74) is 1.07. The monoisotopic (exact) mass is 256 g/mol. The Hall–Kier alpha value is -1.12. The minimum atomic E-state index is -2.92. The van der Waals surface area contributed by atoms with Crippen LogP contribution in [0.1, 0.15) is 23.5 Å². The van der Waals surface area contributed by atoms with Gasteiger partial charge in [0.05, 0.1) is 17.1 Å². The standard InChI is InChI=1S/C10H9ClN2O2S/c11-10-8(4-12)3-9(5-13-10)7-1-2-16(14,15)6-7/h3,5,7H,1-2,6H2. The molecule has 0 bridgehead atoms. The summed E-state index contributed by atoms with van der Waals surface area (Å²) in [6.45, 7) is 0. The van der Waals surface area contributed by atoms with Gasteiger partial charge in [-0.1, -0.05) is 11.6 Å². The SMILES string of the molecule is N#Cc1cc(C2CCS(=O)(=O)C2)cnc1Cl. The predicted molar refractivity (Wildman–Crippen MR) is 60.0 cm³/mol. The van der Waals surface area contributed by atoms with Crippen LogP contribution in [0.2, 0.25) is 5.15 Å². The van der Waals surface area contributed by atoms with Gasteiger partial charge in [-0.2, -0.15) is 5.26 Å². The van der Waals surface area contributed by atoms with E-state index >= 15 is 0 Å². The van der Waals surface area contributed by atoms with Crippen LogP contribution in [0, 0.1) is 11.3 Å². The summed E-state index contributed by atoms with van der Waals surface area (Å²) in [7, 11) is -2.92. The van der Waals surface area contributed by atoms with Gasteiger partial charge in [0.25, 0.3) is 0 Å². The van der Waals surface area contributed by atoms with E-state index in [-0.39, 0.29) is 22.6 Å². The summed E-state index contributed by atoms with van der Waals surface area (Å²) < 4.78 is 22.6. The molecule has 0 saturated carbocycles. The van der Waals surface area contributed by atoms with Crippen LogP contribution in [0.15, 0.2) is 12.3 Å². The summed E-state index contributed by atoms with van der Waals surface area (Å²) in [6.07, 6.45) is 2.14.